The summed E-state index contributed by atoms with van der Waals surface area (Å²) in [5.74, 6) is 0.443. The molecule has 2 aromatic rings. The summed E-state index contributed by atoms with van der Waals surface area (Å²) in [6, 6.07) is 12.1. The number of likely N-dealkylation sites (tertiary alicyclic amines) is 1. The lowest BCUT2D eigenvalue weighted by Gasteiger charge is -2.34. The molecule has 2 N–H and O–H groups in total. The highest BCUT2D eigenvalue weighted by Crippen LogP contribution is 2.23. The quantitative estimate of drug-likeness (QED) is 0.879. The van der Waals surface area contributed by atoms with Gasteiger partial charge in [0.1, 0.15) is 0 Å². The van der Waals surface area contributed by atoms with Crippen molar-refractivity contribution in [3.63, 3.8) is 0 Å². The Labute approximate surface area is 161 Å². The van der Waals surface area contributed by atoms with Gasteiger partial charge in [0.05, 0.1) is 5.56 Å². The largest absolute Gasteiger partial charge is 0.338 e. The third-order valence-electron chi connectivity index (χ3n) is 4.58. The van der Waals surface area contributed by atoms with Gasteiger partial charge in [-0.3, -0.25) is 9.78 Å². The van der Waals surface area contributed by atoms with Gasteiger partial charge in [0.25, 0.3) is 5.91 Å². The molecule has 1 amide bonds. The van der Waals surface area contributed by atoms with E-state index in [1.165, 1.54) is 0 Å². The highest BCUT2D eigenvalue weighted by molar-refractivity contribution is 5.95. The van der Waals surface area contributed by atoms with Gasteiger partial charge in [-0.2, -0.15) is 0 Å². The molecule has 0 saturated carbocycles. The van der Waals surface area contributed by atoms with Crippen LogP contribution in [0.4, 0.5) is 0 Å². The van der Waals surface area contributed by atoms with Crippen LogP contribution in [-0.4, -0.2) is 34.9 Å². The summed E-state index contributed by atoms with van der Waals surface area (Å²) in [5, 5.41) is 0. The zero-order valence-electron chi connectivity index (χ0n) is 14.3. The molecule has 0 aliphatic carbocycles. The molecule has 0 bridgehead atoms. The van der Waals surface area contributed by atoms with Crippen LogP contribution in [0.25, 0.3) is 11.1 Å². The number of hydrogen-bond acceptors (Lipinski definition) is 3. The summed E-state index contributed by atoms with van der Waals surface area (Å²) in [4.78, 5) is 19.0. The van der Waals surface area contributed by atoms with Gasteiger partial charge in [0.2, 0.25) is 0 Å². The maximum Gasteiger partial charge on any atom is 0.255 e. The SMILES string of the molecule is CC(N)C1CCCN(C(=O)c2cncc(-c3ccccc3)c2)C1.Cl.Cl. The van der Waals surface area contributed by atoms with E-state index in [2.05, 4.69) is 4.98 Å². The Balaban J connectivity index is 0.00000156. The topological polar surface area (TPSA) is 59.2 Å². The fourth-order valence-electron chi connectivity index (χ4n) is 3.15. The van der Waals surface area contributed by atoms with Crippen molar-refractivity contribution in [2.45, 2.75) is 25.8 Å². The Hall–Kier alpha value is -1.62. The van der Waals surface area contributed by atoms with Crippen molar-refractivity contribution in [3.8, 4) is 11.1 Å². The number of carbonyl (C=O) groups is 1. The first-order chi connectivity index (χ1) is 11.1. The van der Waals surface area contributed by atoms with E-state index in [0.29, 0.717) is 11.5 Å². The van der Waals surface area contributed by atoms with Gasteiger partial charge in [0.15, 0.2) is 0 Å². The van der Waals surface area contributed by atoms with Crippen LogP contribution < -0.4 is 5.73 Å². The van der Waals surface area contributed by atoms with E-state index in [9.17, 15) is 4.79 Å². The number of nitrogens with zero attached hydrogens (tertiary/aromatic N) is 2. The number of amides is 1. The van der Waals surface area contributed by atoms with E-state index in [1.807, 2.05) is 48.2 Å². The number of aromatic nitrogens is 1. The summed E-state index contributed by atoms with van der Waals surface area (Å²) < 4.78 is 0. The minimum Gasteiger partial charge on any atom is -0.338 e. The smallest absolute Gasteiger partial charge is 0.255 e. The van der Waals surface area contributed by atoms with Crippen LogP contribution in [0.3, 0.4) is 0 Å². The molecule has 1 saturated heterocycles. The molecule has 1 aliphatic heterocycles. The molecule has 1 aliphatic rings. The monoisotopic (exact) mass is 381 g/mol. The second kappa shape index (κ2) is 9.76. The van der Waals surface area contributed by atoms with E-state index in [-0.39, 0.29) is 36.8 Å². The van der Waals surface area contributed by atoms with Gasteiger partial charge < -0.3 is 10.6 Å². The molecular formula is C19H25Cl2N3O. The average Bonchev–Trinajstić information content (AvgIpc) is 2.62. The molecule has 2 heterocycles. The third-order valence-corrected chi connectivity index (χ3v) is 4.58. The van der Waals surface area contributed by atoms with Crippen LogP contribution in [0.1, 0.15) is 30.1 Å². The van der Waals surface area contributed by atoms with E-state index in [0.717, 1.165) is 37.1 Å². The number of carbonyl (C=O) groups excluding carboxylic acids is 1. The van der Waals surface area contributed by atoms with Crippen LogP contribution in [0.2, 0.25) is 0 Å². The number of pyridine rings is 1. The number of hydrogen-bond donors (Lipinski definition) is 1. The molecule has 1 aromatic carbocycles. The van der Waals surface area contributed by atoms with E-state index in [4.69, 9.17) is 5.73 Å². The van der Waals surface area contributed by atoms with Crippen molar-refractivity contribution < 1.29 is 4.79 Å². The van der Waals surface area contributed by atoms with Crippen LogP contribution in [0.15, 0.2) is 48.8 Å². The Morgan fingerprint density at radius 3 is 2.60 bits per heavy atom. The Morgan fingerprint density at radius 1 is 1.20 bits per heavy atom. The Morgan fingerprint density at radius 2 is 1.92 bits per heavy atom. The number of rotatable bonds is 3. The lowest BCUT2D eigenvalue weighted by Crippen LogP contribution is -2.45. The average molecular weight is 382 g/mol. The van der Waals surface area contributed by atoms with E-state index >= 15 is 0 Å². The van der Waals surface area contributed by atoms with Crippen LogP contribution in [-0.2, 0) is 0 Å². The normalized spacial score (nSPS) is 17.8. The molecule has 6 heteroatoms. The summed E-state index contributed by atoms with van der Waals surface area (Å²) >= 11 is 0. The molecule has 2 unspecified atom stereocenters. The molecule has 136 valence electrons. The highest BCUT2D eigenvalue weighted by atomic mass is 35.5. The van der Waals surface area contributed by atoms with Gasteiger partial charge in [-0.25, -0.2) is 0 Å². The first kappa shape index (κ1) is 21.4. The summed E-state index contributed by atoms with van der Waals surface area (Å²) in [7, 11) is 0. The predicted molar refractivity (Wildman–Crippen MR) is 106 cm³/mol. The number of halogens is 2. The predicted octanol–water partition coefficient (Wildman–Crippen LogP) is 3.79. The van der Waals surface area contributed by atoms with Gasteiger partial charge in [-0.1, -0.05) is 30.3 Å². The standard InChI is InChI=1S/C19H23N3O.2ClH/c1-14(20)16-8-5-9-22(13-16)19(23)18-10-17(11-21-12-18)15-6-3-2-4-7-15;;/h2-4,6-7,10-12,14,16H,5,8-9,13,20H2,1H3;2*1H. The zero-order valence-corrected chi connectivity index (χ0v) is 15.9. The number of benzene rings is 1. The summed E-state index contributed by atoms with van der Waals surface area (Å²) in [6.07, 6.45) is 5.57. The lowest BCUT2D eigenvalue weighted by molar-refractivity contribution is 0.0660. The minimum absolute atomic E-state index is 0. The van der Waals surface area contributed by atoms with Crippen molar-refractivity contribution in [2.24, 2.45) is 11.7 Å². The summed E-state index contributed by atoms with van der Waals surface area (Å²) in [6.45, 7) is 3.57. The third kappa shape index (κ3) is 5.18. The molecule has 2 atom stereocenters. The lowest BCUT2D eigenvalue weighted by atomic mass is 9.92. The van der Waals surface area contributed by atoms with E-state index in [1.54, 1.807) is 12.4 Å². The Kier molecular flexibility index (Phi) is 8.36. The van der Waals surface area contributed by atoms with Crippen LogP contribution in [0, 0.1) is 5.92 Å². The number of piperidine rings is 1. The molecular weight excluding hydrogens is 357 g/mol. The van der Waals surface area contributed by atoms with Crippen molar-refractivity contribution in [1.29, 1.82) is 0 Å². The van der Waals surface area contributed by atoms with Gasteiger partial charge in [-0.15, -0.1) is 24.8 Å². The van der Waals surface area contributed by atoms with Gasteiger partial charge in [-0.05, 0) is 37.3 Å². The molecule has 3 rings (SSSR count). The summed E-state index contributed by atoms with van der Waals surface area (Å²) in [5.41, 5.74) is 8.71. The molecule has 0 spiro atoms. The van der Waals surface area contributed by atoms with Gasteiger partial charge >= 0.3 is 0 Å². The van der Waals surface area contributed by atoms with Crippen molar-refractivity contribution in [1.82, 2.24) is 9.88 Å². The maximum atomic E-state index is 12.8. The van der Waals surface area contributed by atoms with Crippen molar-refractivity contribution >= 4 is 30.7 Å². The second-order valence-electron chi connectivity index (χ2n) is 6.34. The van der Waals surface area contributed by atoms with Gasteiger partial charge in [0, 0.05) is 37.1 Å². The molecule has 1 aromatic heterocycles. The van der Waals surface area contributed by atoms with Crippen molar-refractivity contribution in [3.05, 3.63) is 54.4 Å². The molecule has 4 nitrogen and oxygen atoms in total. The minimum atomic E-state index is 0. The number of nitrogens with two attached hydrogens (primary N) is 1. The maximum absolute atomic E-state index is 12.8. The molecule has 1 fully saturated rings. The van der Waals surface area contributed by atoms with Crippen LogP contribution in [0.5, 0.6) is 0 Å². The fourth-order valence-corrected chi connectivity index (χ4v) is 3.15. The second-order valence-corrected chi connectivity index (χ2v) is 6.34. The first-order valence-electron chi connectivity index (χ1n) is 8.20. The van der Waals surface area contributed by atoms with E-state index < -0.39 is 0 Å². The molecule has 25 heavy (non-hydrogen) atoms. The zero-order chi connectivity index (χ0) is 16.2. The fraction of sp³-hybridized carbons (Fsp3) is 0.368. The molecule has 0 radical (unpaired) electrons. The first-order valence-corrected chi connectivity index (χ1v) is 8.20. The highest BCUT2D eigenvalue weighted by Gasteiger charge is 2.26. The Bertz CT molecular complexity index is 679. The van der Waals surface area contributed by atoms with Crippen molar-refractivity contribution in [2.75, 3.05) is 13.1 Å². The van der Waals surface area contributed by atoms with Crippen LogP contribution >= 0.6 is 24.8 Å².